The third kappa shape index (κ3) is 8.02. The summed E-state index contributed by atoms with van der Waals surface area (Å²) in [5.74, 6) is 0.530. The van der Waals surface area contributed by atoms with Gasteiger partial charge in [0, 0.05) is 49.7 Å². The number of nitrogens with zero attached hydrogens (tertiary/aromatic N) is 5. The van der Waals surface area contributed by atoms with Gasteiger partial charge in [-0.3, -0.25) is 25.3 Å². The first-order chi connectivity index (χ1) is 19.8. The number of amides is 2. The minimum Gasteiger partial charge on any atom is -0.488 e. The van der Waals surface area contributed by atoms with Crippen molar-refractivity contribution in [1.29, 1.82) is 5.26 Å². The molecule has 1 saturated heterocycles. The van der Waals surface area contributed by atoms with Gasteiger partial charge in [0.2, 0.25) is 0 Å². The highest BCUT2D eigenvalue weighted by atomic mass is 79.9. The van der Waals surface area contributed by atoms with Gasteiger partial charge >= 0.3 is 6.03 Å². The van der Waals surface area contributed by atoms with E-state index >= 15 is 0 Å². The van der Waals surface area contributed by atoms with Gasteiger partial charge in [-0.05, 0) is 22.9 Å². The van der Waals surface area contributed by atoms with Gasteiger partial charge in [0.15, 0.2) is 17.9 Å². The molecule has 4 heterocycles. The summed E-state index contributed by atoms with van der Waals surface area (Å²) >= 11 is 15.8. The van der Waals surface area contributed by atoms with Crippen LogP contribution in [0.4, 0.5) is 16.4 Å². The highest BCUT2D eigenvalue weighted by molar-refractivity contribution is 9.10. The number of pyridine rings is 3. The zero-order chi connectivity index (χ0) is 29.4. The lowest BCUT2D eigenvalue weighted by Crippen LogP contribution is -2.38. The van der Waals surface area contributed by atoms with E-state index in [-0.39, 0.29) is 34.4 Å². The summed E-state index contributed by atoms with van der Waals surface area (Å²) in [4.78, 5) is 38.8. The summed E-state index contributed by atoms with van der Waals surface area (Å²) in [6.45, 7) is 5.60. The van der Waals surface area contributed by atoms with Crippen LogP contribution in [0.3, 0.4) is 0 Å². The highest BCUT2D eigenvalue weighted by Gasteiger charge is 2.20. The Kier molecular flexibility index (Phi) is 10.7. The number of halogens is 3. The molecule has 0 aromatic carbocycles. The van der Waals surface area contributed by atoms with Crippen molar-refractivity contribution in [3.8, 4) is 17.6 Å². The molecule has 1 atom stereocenters. The predicted octanol–water partition coefficient (Wildman–Crippen LogP) is 5.12. The van der Waals surface area contributed by atoms with Crippen molar-refractivity contribution >= 4 is 63.1 Å². The zero-order valence-electron chi connectivity index (χ0n) is 21.7. The molecule has 0 bridgehead atoms. The van der Waals surface area contributed by atoms with Gasteiger partial charge in [-0.25, -0.2) is 14.8 Å². The molecule has 0 spiro atoms. The second kappa shape index (κ2) is 14.4. The number of nitriles is 1. The molecule has 12 nitrogen and oxygen atoms in total. The monoisotopic (exact) mass is 663 g/mol. The molecule has 0 saturated carbocycles. The number of morpholine rings is 1. The van der Waals surface area contributed by atoms with Gasteiger partial charge in [0.1, 0.15) is 41.6 Å². The molecule has 214 valence electrons. The van der Waals surface area contributed by atoms with Crippen LogP contribution in [0.2, 0.25) is 10.0 Å². The first-order valence-electron chi connectivity index (χ1n) is 12.3. The predicted molar refractivity (Wildman–Crippen MR) is 155 cm³/mol. The molecular weight excluding hydrogens is 641 g/mol. The van der Waals surface area contributed by atoms with Crippen molar-refractivity contribution in [3.63, 3.8) is 0 Å². The normalized spacial score (nSPS) is 14.0. The van der Waals surface area contributed by atoms with Crippen molar-refractivity contribution < 1.29 is 23.8 Å². The Morgan fingerprint density at radius 3 is 2.63 bits per heavy atom. The fourth-order valence-corrected chi connectivity index (χ4v) is 4.94. The summed E-state index contributed by atoms with van der Waals surface area (Å²) in [6.07, 6.45) is 4.03. The van der Waals surface area contributed by atoms with Crippen molar-refractivity contribution in [2.24, 2.45) is 0 Å². The van der Waals surface area contributed by atoms with Crippen LogP contribution in [0, 0.1) is 11.3 Å². The van der Waals surface area contributed by atoms with Crippen molar-refractivity contribution in [1.82, 2.24) is 19.9 Å². The third-order valence-electron chi connectivity index (χ3n) is 5.91. The number of nitrogens with one attached hydrogen (secondary N) is 2. The lowest BCUT2D eigenvalue weighted by Gasteiger charge is -2.26. The molecule has 2 amide bonds. The molecule has 1 aliphatic heterocycles. The molecule has 15 heteroatoms. The van der Waals surface area contributed by atoms with Gasteiger partial charge in [-0.1, -0.05) is 23.2 Å². The van der Waals surface area contributed by atoms with E-state index < -0.39 is 12.1 Å². The lowest BCUT2D eigenvalue weighted by atomic mass is 10.1. The smallest absolute Gasteiger partial charge is 0.326 e. The van der Waals surface area contributed by atoms with E-state index in [1.54, 1.807) is 13.0 Å². The number of aromatic nitrogens is 3. The Labute approximate surface area is 254 Å². The molecule has 0 aliphatic carbocycles. The first-order valence-corrected chi connectivity index (χ1v) is 13.9. The second-order valence-electron chi connectivity index (χ2n) is 8.66. The minimum absolute atomic E-state index is 0.0375. The number of anilines is 2. The number of hydrogen-bond acceptors (Lipinski definition) is 10. The molecule has 1 aliphatic rings. The molecular formula is C26H24BrCl2N7O5. The topological polar surface area (TPSA) is 152 Å². The Morgan fingerprint density at radius 1 is 1.22 bits per heavy atom. The van der Waals surface area contributed by atoms with Crippen LogP contribution >= 0.6 is 39.1 Å². The number of hydrogen-bond donors (Lipinski definition) is 2. The number of carbonyl (C=O) groups is 2. The Balaban J connectivity index is 1.47. The van der Waals surface area contributed by atoms with Gasteiger partial charge in [0.05, 0.1) is 33.9 Å². The molecule has 41 heavy (non-hydrogen) atoms. The fraction of sp³-hybridized carbons (Fsp3) is 0.308. The maximum Gasteiger partial charge on any atom is 0.326 e. The molecule has 0 unspecified atom stereocenters. The average molecular weight is 665 g/mol. The Morgan fingerprint density at radius 2 is 1.95 bits per heavy atom. The number of aldehydes is 1. The van der Waals surface area contributed by atoms with E-state index in [4.69, 9.17) is 37.4 Å². The van der Waals surface area contributed by atoms with E-state index in [1.807, 2.05) is 6.07 Å². The minimum atomic E-state index is -0.717. The number of urea groups is 1. The summed E-state index contributed by atoms with van der Waals surface area (Å²) in [5.41, 5.74) is 0.699. The fourth-order valence-electron chi connectivity index (χ4n) is 3.88. The van der Waals surface area contributed by atoms with Gasteiger partial charge in [-0.2, -0.15) is 5.26 Å². The Bertz CT molecular complexity index is 1450. The third-order valence-corrected chi connectivity index (χ3v) is 7.15. The summed E-state index contributed by atoms with van der Waals surface area (Å²) in [7, 11) is 0. The van der Waals surface area contributed by atoms with Crippen LogP contribution in [0.25, 0.3) is 0 Å². The van der Waals surface area contributed by atoms with Crippen LogP contribution < -0.4 is 20.1 Å². The van der Waals surface area contributed by atoms with Gasteiger partial charge in [-0.15, -0.1) is 0 Å². The lowest BCUT2D eigenvalue weighted by molar-refractivity contribution is 0.0322. The van der Waals surface area contributed by atoms with E-state index in [0.717, 1.165) is 13.1 Å². The zero-order valence-corrected chi connectivity index (χ0v) is 24.8. The van der Waals surface area contributed by atoms with E-state index in [9.17, 15) is 14.9 Å². The van der Waals surface area contributed by atoms with E-state index in [1.165, 1.54) is 24.7 Å². The molecule has 4 rings (SSSR count). The van der Waals surface area contributed by atoms with Gasteiger partial charge < -0.3 is 14.2 Å². The summed E-state index contributed by atoms with van der Waals surface area (Å²) in [5, 5.41) is 15.3. The van der Waals surface area contributed by atoms with Crippen molar-refractivity contribution in [2.45, 2.75) is 13.0 Å². The standard InChI is InChI=1S/C26H24BrCl2N7O5/c1-15(24-18(28)12-31-13-19(24)29)41-21-9-23(32-11-16(21)10-30)34-26(38)35-25-22(8-17(27)20(14-37)33-25)40-7-4-36-2-5-39-6-3-36/h8-9,11-15H,2-7H2,1H3,(H2,32,33,34,35,38)/t15-/m1/s1. The number of carbonyl (C=O) groups excluding carboxylic acids is 2. The SMILES string of the molecule is C[C@@H](Oc1cc(NC(=O)Nc2nc(C=O)c(Br)cc2OCCN2CCOCC2)ncc1C#N)c1c(Cl)cncc1Cl. The summed E-state index contributed by atoms with van der Waals surface area (Å²) < 4.78 is 17.6. The molecule has 3 aromatic rings. The van der Waals surface area contributed by atoms with Crippen molar-refractivity contribution in [2.75, 3.05) is 50.1 Å². The van der Waals surface area contributed by atoms with Crippen LogP contribution in [-0.2, 0) is 4.74 Å². The number of ether oxygens (including phenoxy) is 3. The molecule has 3 aromatic heterocycles. The van der Waals surface area contributed by atoms with Crippen LogP contribution in [0.1, 0.15) is 34.6 Å². The van der Waals surface area contributed by atoms with E-state index in [2.05, 4.69) is 46.4 Å². The summed E-state index contributed by atoms with van der Waals surface area (Å²) in [6, 6.07) is 4.24. The number of rotatable bonds is 10. The van der Waals surface area contributed by atoms with E-state index in [0.29, 0.717) is 52.7 Å². The van der Waals surface area contributed by atoms with Crippen molar-refractivity contribution in [3.05, 3.63) is 62.1 Å². The maximum atomic E-state index is 12.9. The first kappa shape index (κ1) is 30.4. The molecule has 2 N–H and O–H groups in total. The van der Waals surface area contributed by atoms with Crippen LogP contribution in [-0.4, -0.2) is 71.6 Å². The quantitative estimate of drug-likeness (QED) is 0.279. The highest BCUT2D eigenvalue weighted by Crippen LogP contribution is 2.34. The van der Waals surface area contributed by atoms with Crippen LogP contribution in [0.15, 0.2) is 35.2 Å². The molecule has 1 fully saturated rings. The van der Waals surface area contributed by atoms with Gasteiger partial charge in [0.25, 0.3) is 0 Å². The average Bonchev–Trinajstić information content (AvgIpc) is 2.95. The largest absolute Gasteiger partial charge is 0.488 e. The molecule has 0 radical (unpaired) electrons. The Hall–Kier alpha value is -3.54. The second-order valence-corrected chi connectivity index (χ2v) is 10.3. The maximum absolute atomic E-state index is 12.9. The van der Waals surface area contributed by atoms with Crippen LogP contribution in [0.5, 0.6) is 11.5 Å².